The van der Waals surface area contributed by atoms with Gasteiger partial charge in [0.25, 0.3) is 5.91 Å². The number of nitriles is 2. The molecule has 2 atom stereocenters. The molecule has 2 heterocycles. The molecule has 148 valence electrons. The van der Waals surface area contributed by atoms with Crippen LogP contribution in [-0.4, -0.2) is 30.2 Å². The number of anilines is 1. The molecule has 1 fully saturated rings. The first-order valence-corrected chi connectivity index (χ1v) is 10.0. The maximum Gasteiger partial charge on any atom is 0.251 e. The first-order chi connectivity index (χ1) is 15.0. The molecule has 3 aromatic rings. The molecule has 1 aliphatic carbocycles. The highest BCUT2D eigenvalue weighted by atomic mass is 16.2. The summed E-state index contributed by atoms with van der Waals surface area (Å²) in [7, 11) is 1.72. The molecule has 6 rings (SSSR count). The van der Waals surface area contributed by atoms with Gasteiger partial charge in [0, 0.05) is 23.4 Å². The van der Waals surface area contributed by atoms with Gasteiger partial charge in [-0.05, 0) is 29.4 Å². The summed E-state index contributed by atoms with van der Waals surface area (Å²) in [6.07, 6.45) is 0. The van der Waals surface area contributed by atoms with Gasteiger partial charge in [-0.1, -0.05) is 54.6 Å². The van der Waals surface area contributed by atoms with E-state index in [0.29, 0.717) is 22.4 Å². The van der Waals surface area contributed by atoms with E-state index in [4.69, 9.17) is 0 Å². The number of nitrogens with one attached hydrogen (secondary N) is 1. The van der Waals surface area contributed by atoms with Gasteiger partial charge in [-0.3, -0.25) is 14.5 Å². The smallest absolute Gasteiger partial charge is 0.251 e. The number of hydrogen-bond donors (Lipinski definition) is 1. The van der Waals surface area contributed by atoms with Crippen molar-refractivity contribution in [3.63, 3.8) is 0 Å². The molecular weight excluding hydrogens is 388 g/mol. The van der Waals surface area contributed by atoms with E-state index in [0.717, 1.165) is 10.8 Å². The van der Waals surface area contributed by atoms with Crippen LogP contribution >= 0.6 is 0 Å². The average molecular weight is 404 g/mol. The topological polar surface area (TPSA) is 97.0 Å². The highest BCUT2D eigenvalue weighted by Gasteiger charge is 2.82. The summed E-state index contributed by atoms with van der Waals surface area (Å²) in [5, 5.41) is 25.3. The van der Waals surface area contributed by atoms with E-state index in [-0.39, 0.29) is 18.2 Å². The van der Waals surface area contributed by atoms with E-state index in [1.807, 2.05) is 36.4 Å². The van der Waals surface area contributed by atoms with Crippen molar-refractivity contribution in [1.82, 2.24) is 4.90 Å². The second-order valence-electron chi connectivity index (χ2n) is 8.48. The fraction of sp³-hybridized carbons (Fsp3) is 0.200. The molecule has 2 spiro atoms. The zero-order chi connectivity index (χ0) is 21.6. The first kappa shape index (κ1) is 17.8. The van der Waals surface area contributed by atoms with Crippen LogP contribution in [0.5, 0.6) is 0 Å². The molecule has 2 unspecified atom stereocenters. The Morgan fingerprint density at radius 1 is 0.935 bits per heavy atom. The standard InChI is InChI=1S/C25H16N4O2/c1-29-14-23(12-26,13-27)24(25(29)17-9-2-3-11-19(17)28-22(25)31)18-10-5-7-15-6-4-8-16(20(15)18)21(24)30/h2-11H,14H2,1H3,(H,28,31). The number of likely N-dealkylation sites (tertiary alicyclic amines) is 1. The molecule has 31 heavy (non-hydrogen) atoms. The Labute approximate surface area is 178 Å². The van der Waals surface area contributed by atoms with Crippen molar-refractivity contribution in [1.29, 1.82) is 10.5 Å². The molecule has 1 amide bonds. The maximum atomic E-state index is 14.4. The number of rotatable bonds is 0. The number of likely N-dealkylation sites (N-methyl/N-ethyl adjacent to an activating group) is 1. The lowest BCUT2D eigenvalue weighted by Gasteiger charge is -2.44. The first-order valence-electron chi connectivity index (χ1n) is 10.0. The average Bonchev–Trinajstić information content (AvgIpc) is 3.33. The quantitative estimate of drug-likeness (QED) is 0.621. The molecule has 0 saturated carbocycles. The van der Waals surface area contributed by atoms with E-state index in [9.17, 15) is 20.1 Å². The summed E-state index contributed by atoms with van der Waals surface area (Å²) in [6.45, 7) is -0.0299. The minimum atomic E-state index is -1.75. The molecule has 3 aliphatic rings. The highest BCUT2D eigenvalue weighted by Crippen LogP contribution is 2.68. The van der Waals surface area contributed by atoms with Gasteiger partial charge in [0.05, 0.1) is 12.1 Å². The highest BCUT2D eigenvalue weighted by molar-refractivity contribution is 6.26. The molecule has 1 N–H and O–H groups in total. The lowest BCUT2D eigenvalue weighted by atomic mass is 9.53. The number of Topliss-reactive ketones (excluding diaryl/α,β-unsaturated/α-hetero) is 1. The number of hydrogen-bond acceptors (Lipinski definition) is 5. The third-order valence-electron chi connectivity index (χ3n) is 7.40. The Bertz CT molecular complexity index is 1430. The molecule has 1 saturated heterocycles. The molecule has 3 aromatic carbocycles. The zero-order valence-electron chi connectivity index (χ0n) is 16.6. The van der Waals surface area contributed by atoms with Crippen molar-refractivity contribution < 1.29 is 9.59 Å². The van der Waals surface area contributed by atoms with Crippen LogP contribution in [0.15, 0.2) is 60.7 Å². The van der Waals surface area contributed by atoms with Gasteiger partial charge >= 0.3 is 0 Å². The molecule has 0 radical (unpaired) electrons. The molecule has 2 aliphatic heterocycles. The predicted molar refractivity (Wildman–Crippen MR) is 113 cm³/mol. The number of para-hydroxylation sites is 1. The summed E-state index contributed by atoms with van der Waals surface area (Å²) in [4.78, 5) is 30.0. The number of amides is 1. The van der Waals surface area contributed by atoms with Crippen molar-refractivity contribution in [2.45, 2.75) is 11.0 Å². The Morgan fingerprint density at radius 3 is 2.35 bits per heavy atom. The second-order valence-corrected chi connectivity index (χ2v) is 8.48. The van der Waals surface area contributed by atoms with Crippen LogP contribution in [0.25, 0.3) is 10.8 Å². The van der Waals surface area contributed by atoms with Crippen molar-refractivity contribution >= 4 is 28.2 Å². The Morgan fingerprint density at radius 2 is 1.61 bits per heavy atom. The maximum absolute atomic E-state index is 14.4. The van der Waals surface area contributed by atoms with Gasteiger partial charge < -0.3 is 5.32 Å². The van der Waals surface area contributed by atoms with Crippen LogP contribution in [0.3, 0.4) is 0 Å². The third kappa shape index (κ3) is 1.56. The minimum absolute atomic E-state index is 0.0299. The van der Waals surface area contributed by atoms with E-state index in [2.05, 4.69) is 17.5 Å². The Kier molecular flexibility index (Phi) is 3.09. The van der Waals surface area contributed by atoms with E-state index in [1.165, 1.54) is 0 Å². The van der Waals surface area contributed by atoms with Gasteiger partial charge in [-0.2, -0.15) is 10.5 Å². The number of ketones is 1. The summed E-state index contributed by atoms with van der Waals surface area (Å²) < 4.78 is 0. The molecule has 0 aromatic heterocycles. The van der Waals surface area contributed by atoms with Gasteiger partial charge in [-0.15, -0.1) is 0 Å². The largest absolute Gasteiger partial charge is 0.324 e. The SMILES string of the molecule is CN1CC(C#N)(C#N)C2(C(=O)c3cccc4cccc2c34)C12C(=O)Nc1ccccc12. The van der Waals surface area contributed by atoms with Crippen molar-refractivity contribution in [3.8, 4) is 12.1 Å². The monoisotopic (exact) mass is 404 g/mol. The van der Waals surface area contributed by atoms with Crippen LogP contribution < -0.4 is 5.32 Å². The van der Waals surface area contributed by atoms with Crippen molar-refractivity contribution in [2.75, 3.05) is 18.9 Å². The summed E-state index contributed by atoms with van der Waals surface area (Å²) in [6, 6.07) is 22.6. The number of benzene rings is 3. The van der Waals surface area contributed by atoms with Crippen molar-refractivity contribution in [3.05, 3.63) is 77.4 Å². The number of fused-ring (bicyclic) bond motifs is 4. The minimum Gasteiger partial charge on any atom is -0.324 e. The molecule has 6 nitrogen and oxygen atoms in total. The van der Waals surface area contributed by atoms with Crippen LogP contribution in [0, 0.1) is 28.1 Å². The Hall–Kier alpha value is -4.00. The third-order valence-corrected chi connectivity index (χ3v) is 7.40. The van der Waals surface area contributed by atoms with E-state index in [1.54, 1.807) is 36.2 Å². The molecule has 6 heteroatoms. The van der Waals surface area contributed by atoms with E-state index >= 15 is 0 Å². The lowest BCUT2D eigenvalue weighted by molar-refractivity contribution is -0.127. The number of carbonyl (C=O) groups is 2. The van der Waals surface area contributed by atoms with E-state index < -0.39 is 16.4 Å². The number of nitrogens with zero attached hydrogens (tertiary/aromatic N) is 3. The van der Waals surface area contributed by atoms with Crippen LogP contribution in [0.1, 0.15) is 21.5 Å². The van der Waals surface area contributed by atoms with Gasteiger partial charge in [0.2, 0.25) is 0 Å². The fourth-order valence-corrected chi connectivity index (χ4v) is 6.40. The zero-order valence-corrected chi connectivity index (χ0v) is 16.6. The fourth-order valence-electron chi connectivity index (χ4n) is 6.40. The summed E-state index contributed by atoms with van der Waals surface area (Å²) in [5.41, 5.74) is -2.72. The van der Waals surface area contributed by atoms with Gasteiger partial charge in [-0.25, -0.2) is 0 Å². The second kappa shape index (κ2) is 5.37. The van der Waals surface area contributed by atoms with Crippen molar-refractivity contribution in [2.24, 2.45) is 5.41 Å². The summed E-state index contributed by atoms with van der Waals surface area (Å²) >= 11 is 0. The molecular formula is C25H16N4O2. The molecule has 0 bridgehead atoms. The van der Waals surface area contributed by atoms with Crippen LogP contribution in [-0.2, 0) is 15.7 Å². The number of carbonyl (C=O) groups excluding carboxylic acids is 2. The van der Waals surface area contributed by atoms with Crippen LogP contribution in [0.2, 0.25) is 0 Å². The van der Waals surface area contributed by atoms with Gasteiger partial charge in [0.15, 0.2) is 11.2 Å². The predicted octanol–water partition coefficient (Wildman–Crippen LogP) is 3.10. The normalized spacial score (nSPS) is 27.5. The van der Waals surface area contributed by atoms with Crippen LogP contribution in [0.4, 0.5) is 5.69 Å². The Balaban J connectivity index is 1.88. The van der Waals surface area contributed by atoms with Gasteiger partial charge in [0.1, 0.15) is 11.0 Å². The lowest BCUT2D eigenvalue weighted by Crippen LogP contribution is -2.62. The summed E-state index contributed by atoms with van der Waals surface area (Å²) in [5.74, 6) is -0.736.